The van der Waals surface area contributed by atoms with Crippen molar-refractivity contribution in [1.82, 2.24) is 15.0 Å². The van der Waals surface area contributed by atoms with Gasteiger partial charge in [-0.2, -0.15) is 5.70 Å². The molecule has 10 heteroatoms. The zero-order chi connectivity index (χ0) is 37.4. The van der Waals surface area contributed by atoms with Crippen LogP contribution in [0.4, 0.5) is 0 Å². The molecule has 3 aromatic rings. The number of unbranched alkanes of at least 4 members (excludes halogenated alkanes) is 1. The van der Waals surface area contributed by atoms with Gasteiger partial charge in [0.05, 0.1) is 7.11 Å². The molecule has 276 valence electrons. The van der Waals surface area contributed by atoms with E-state index < -0.39 is 17.9 Å². The van der Waals surface area contributed by atoms with Gasteiger partial charge in [0.15, 0.2) is 0 Å². The number of aromatic nitrogens is 3. The van der Waals surface area contributed by atoms with Crippen molar-refractivity contribution in [2.45, 2.75) is 93.0 Å². The summed E-state index contributed by atoms with van der Waals surface area (Å²) in [5.74, 6) is -2.34. The molecule has 1 unspecified atom stereocenters. The van der Waals surface area contributed by atoms with E-state index in [4.69, 9.17) is 29.7 Å². The summed E-state index contributed by atoms with van der Waals surface area (Å²) >= 11 is 0. The van der Waals surface area contributed by atoms with Gasteiger partial charge in [-0.25, -0.2) is 0 Å². The first-order valence-electron chi connectivity index (χ1n) is 18.5. The van der Waals surface area contributed by atoms with Gasteiger partial charge in [-0.1, -0.05) is 97.5 Å². The molecule has 0 radical (unpaired) electrons. The molecule has 8 bridgehead atoms. The Morgan fingerprint density at radius 1 is 0.962 bits per heavy atom. The third-order valence-corrected chi connectivity index (χ3v) is 11.3. The fourth-order valence-electron chi connectivity index (χ4n) is 8.10. The Morgan fingerprint density at radius 3 is 2.36 bits per heavy atom. The molecule has 3 aliphatic rings. The van der Waals surface area contributed by atoms with Crippen LogP contribution in [-0.2, 0) is 25.5 Å². The summed E-state index contributed by atoms with van der Waals surface area (Å²) in [4.78, 5) is 41.8. The molecule has 0 saturated carbocycles. The minimum atomic E-state index is -1.07. The first-order valence-corrected chi connectivity index (χ1v) is 18.5. The second kappa shape index (κ2) is 16.5. The van der Waals surface area contributed by atoms with E-state index >= 15 is 0 Å². The molecule has 0 aromatic carbocycles. The molecule has 0 amide bonds. The van der Waals surface area contributed by atoms with Crippen LogP contribution < -0.4 is 36.2 Å². The number of esters is 2. The topological polar surface area (TPSA) is 129 Å². The van der Waals surface area contributed by atoms with Crippen LogP contribution >= 0.6 is 0 Å². The van der Waals surface area contributed by atoms with Crippen LogP contribution in [0.3, 0.4) is 0 Å². The van der Waals surface area contributed by atoms with E-state index in [2.05, 4.69) is 41.2 Å². The summed E-state index contributed by atoms with van der Waals surface area (Å²) in [5, 5.41) is 19.8. The van der Waals surface area contributed by atoms with E-state index in [-0.39, 0.29) is 59.6 Å². The number of ether oxygens (including phenoxy) is 2. The van der Waals surface area contributed by atoms with Crippen molar-refractivity contribution in [3.63, 3.8) is 0 Å². The van der Waals surface area contributed by atoms with Gasteiger partial charge < -0.3 is 34.8 Å². The molecule has 1 N–H and O–H groups in total. The van der Waals surface area contributed by atoms with Crippen LogP contribution in [0.1, 0.15) is 105 Å². The minimum absolute atomic E-state index is 0. The Hall–Kier alpha value is -4.15. The van der Waals surface area contributed by atoms with Crippen LogP contribution in [-0.4, -0.2) is 59.9 Å². The van der Waals surface area contributed by atoms with Crippen LogP contribution in [0.15, 0.2) is 23.9 Å². The maximum Gasteiger partial charge on any atom is 2.00 e. The molecule has 2 aliphatic heterocycles. The molecule has 53 heavy (non-hydrogen) atoms. The van der Waals surface area contributed by atoms with Crippen molar-refractivity contribution < 1.29 is 24.2 Å². The maximum atomic E-state index is 13.5. The smallest absolute Gasteiger partial charge is 0.681 e. The first-order chi connectivity index (χ1) is 24.9. The monoisotopic (exact) mass is 726 g/mol. The Kier molecular flexibility index (Phi) is 12.4. The number of nitrogens with zero attached hydrogens (tertiary/aromatic N) is 4. The molecule has 9 nitrogen and oxygen atoms in total. The van der Waals surface area contributed by atoms with Gasteiger partial charge >= 0.3 is 35.0 Å². The van der Waals surface area contributed by atoms with Crippen LogP contribution in [0.5, 0.6) is 0 Å². The average molecular weight is 727 g/mol. The largest absolute Gasteiger partial charge is 2.00 e. The number of allylic oxidation sites excluding steroid dienone is 2. The quantitative estimate of drug-likeness (QED) is 0.175. The molecule has 4 atom stereocenters. The molecule has 6 rings (SSSR count). The third-order valence-electron chi connectivity index (χ3n) is 11.3. The zero-order valence-electron chi connectivity index (χ0n) is 32.4. The molecule has 3 aromatic heterocycles. The Bertz CT molecular complexity index is 2250. The van der Waals surface area contributed by atoms with Crippen molar-refractivity contribution in [2.75, 3.05) is 13.7 Å². The summed E-state index contributed by atoms with van der Waals surface area (Å²) in [5.41, 5.74) is 9.67. The molecule has 5 heterocycles. The second-order valence-corrected chi connectivity index (χ2v) is 14.4. The number of methoxy groups -OCH3 is 1. The number of carbonyl (C=O) groups is 2. The van der Waals surface area contributed by atoms with Gasteiger partial charge in [0.2, 0.25) is 0 Å². The van der Waals surface area contributed by atoms with E-state index in [0.717, 1.165) is 81.3 Å². The number of aliphatic hydroxyl groups is 1. The molecule has 1 fully saturated rings. The fraction of sp³-hybridized carbons (Fsp3) is 0.442. The van der Waals surface area contributed by atoms with Crippen molar-refractivity contribution in [1.29, 1.82) is 0 Å². The molecule has 0 spiro atoms. The predicted molar refractivity (Wildman–Crippen MR) is 211 cm³/mol. The molecular weight excluding hydrogens is 677 g/mol. The summed E-state index contributed by atoms with van der Waals surface area (Å²) in [6.07, 6.45) is 14.4. The van der Waals surface area contributed by atoms with Crippen LogP contribution in [0.2, 0.25) is 0 Å². The zero-order valence-corrected chi connectivity index (χ0v) is 33.8. The van der Waals surface area contributed by atoms with Gasteiger partial charge in [0.1, 0.15) is 18.3 Å². The van der Waals surface area contributed by atoms with Gasteiger partial charge in [0.25, 0.3) is 0 Å². The predicted octanol–water partition coefficient (Wildman–Crippen LogP) is 4.41. The van der Waals surface area contributed by atoms with Gasteiger partial charge in [-0.3, -0.25) is 9.59 Å². The van der Waals surface area contributed by atoms with E-state index in [1.807, 2.05) is 44.2 Å². The fourth-order valence-corrected chi connectivity index (χ4v) is 8.10. The average Bonchev–Trinajstić information content (AvgIpc) is 3.86. The second-order valence-electron chi connectivity index (χ2n) is 14.4. The van der Waals surface area contributed by atoms with Gasteiger partial charge in [-0.05, 0) is 76.9 Å². The SMILES string of the molecule is C=Cc1c2[n-]c(c1C)/C=C1\[N-]C(C3=c4[n-]c(c(C)c4=C(O)[C@@H]3C(=O)OC)/C=c3\[n-]/c(c(C)c3CC)=C\2)[C@@H](CCC(=O)OC/C=C(\C)CCCC)[C@@H]1C.[Mg+2]. The van der Waals surface area contributed by atoms with E-state index in [1.165, 1.54) is 12.7 Å². The standard InChI is InChI=1S/C43H50N4O5.Mg/c1-10-13-14-22(4)17-18-52-36(48)16-15-29-25(7)32-19-30-23(5)27(11-2)34(44-30)20-31-24(6)28(12-3)35(45-31)21-33-26(8)37-41(47-33)38(40(29)46-32)39(42(37)49)43(50)51-9;/h11,17,19-21,25,29,39-40,49H,2,10,12-16,18H2,1,3-9H3;/q-4;+2/b22-17+,31-20-,32-19-,35-21-;/t25-,29-,39+,40?;/m0./s1. The number of fused-ring (bicyclic) bond motifs is 8. The van der Waals surface area contributed by atoms with Crippen LogP contribution in [0.25, 0.3) is 41.0 Å². The third kappa shape index (κ3) is 7.37. The Labute approximate surface area is 328 Å². The first kappa shape index (κ1) is 40.0. The summed E-state index contributed by atoms with van der Waals surface area (Å²) in [6, 6.07) is -0.565. The van der Waals surface area contributed by atoms with Crippen molar-refractivity contribution >= 4 is 70.6 Å². The van der Waals surface area contributed by atoms with E-state index in [1.54, 1.807) is 0 Å². The molecule has 1 aliphatic carbocycles. The maximum absolute atomic E-state index is 13.5. The van der Waals surface area contributed by atoms with Crippen LogP contribution in [0, 0.1) is 38.5 Å². The van der Waals surface area contributed by atoms with Crippen molar-refractivity contribution in [3.8, 4) is 0 Å². The number of aliphatic hydroxyl groups excluding tert-OH is 1. The Balaban J connectivity index is 0.00000541. The number of rotatable bonds is 11. The minimum Gasteiger partial charge on any atom is -0.681 e. The number of carbonyl (C=O) groups excluding carboxylic acids is 2. The molecule has 1 saturated heterocycles. The Morgan fingerprint density at radius 2 is 1.68 bits per heavy atom. The van der Waals surface area contributed by atoms with Crippen molar-refractivity contribution in [2.24, 2.45) is 17.8 Å². The van der Waals surface area contributed by atoms with Crippen molar-refractivity contribution in [3.05, 3.63) is 95.4 Å². The number of hydrogen-bond donors (Lipinski definition) is 1. The van der Waals surface area contributed by atoms with Gasteiger partial charge in [0, 0.05) is 11.6 Å². The van der Waals surface area contributed by atoms with Gasteiger partial charge in [-0.15, -0.1) is 33.1 Å². The van der Waals surface area contributed by atoms with E-state index in [0.29, 0.717) is 28.3 Å². The van der Waals surface area contributed by atoms with E-state index in [9.17, 15) is 14.7 Å². The molecular formula is C43H50MgN4O5-2. The summed E-state index contributed by atoms with van der Waals surface area (Å²) in [6.45, 7) is 18.8. The summed E-state index contributed by atoms with van der Waals surface area (Å²) in [7, 11) is 1.32. The summed E-state index contributed by atoms with van der Waals surface area (Å²) < 4.78 is 10.9. The normalized spacial score (nSPS) is 22.5. The number of hydrogen-bond acceptors (Lipinski definition) is 5.